The molecule has 1 heterocycles. The van der Waals surface area contributed by atoms with Gasteiger partial charge in [-0.1, -0.05) is 42.0 Å². The van der Waals surface area contributed by atoms with E-state index in [-0.39, 0.29) is 5.91 Å². The summed E-state index contributed by atoms with van der Waals surface area (Å²) in [5, 5.41) is 3.06. The molecule has 0 atom stereocenters. The normalized spacial score (nSPS) is 10.9. The van der Waals surface area contributed by atoms with Gasteiger partial charge in [-0.3, -0.25) is 4.79 Å². The number of rotatable bonds is 12. The Kier molecular flexibility index (Phi) is 8.62. The van der Waals surface area contributed by atoms with Gasteiger partial charge in [0.05, 0.1) is 31.3 Å². The number of aromatic nitrogens is 2. The highest BCUT2D eigenvalue weighted by Gasteiger charge is 2.14. The molecule has 0 saturated carbocycles. The number of aryl methyl sites for hydroxylation is 3. The molecule has 6 nitrogen and oxygen atoms in total. The minimum Gasteiger partial charge on any atom is -0.493 e. The number of amides is 1. The maximum Gasteiger partial charge on any atom is 0.251 e. The smallest absolute Gasteiger partial charge is 0.251 e. The van der Waals surface area contributed by atoms with Crippen molar-refractivity contribution in [3.05, 3.63) is 101 Å². The molecule has 4 rings (SSSR count). The zero-order valence-corrected chi connectivity index (χ0v) is 21.9. The van der Waals surface area contributed by atoms with Gasteiger partial charge in [0.15, 0.2) is 11.5 Å². The van der Waals surface area contributed by atoms with E-state index in [0.717, 1.165) is 70.9 Å². The summed E-state index contributed by atoms with van der Waals surface area (Å²) < 4.78 is 13.7. The first-order chi connectivity index (χ1) is 18.0. The first kappa shape index (κ1) is 26.0. The van der Waals surface area contributed by atoms with Gasteiger partial charge in [0.25, 0.3) is 5.91 Å². The Labute approximate surface area is 218 Å². The van der Waals surface area contributed by atoms with Crippen molar-refractivity contribution in [2.75, 3.05) is 13.7 Å². The molecule has 37 heavy (non-hydrogen) atoms. The second-order valence-corrected chi connectivity index (χ2v) is 9.20. The third-order valence-corrected chi connectivity index (χ3v) is 6.41. The van der Waals surface area contributed by atoms with Crippen LogP contribution in [0.3, 0.4) is 0 Å². The number of fused-ring (bicyclic) bond motifs is 1. The molecule has 0 fully saturated rings. The number of nitrogens with zero attached hydrogens (tertiary/aromatic N) is 2. The number of hydrogen-bond acceptors (Lipinski definition) is 4. The van der Waals surface area contributed by atoms with Gasteiger partial charge in [0.1, 0.15) is 5.82 Å². The van der Waals surface area contributed by atoms with Crippen LogP contribution >= 0.6 is 0 Å². The summed E-state index contributed by atoms with van der Waals surface area (Å²) in [6.45, 7) is 9.52. The van der Waals surface area contributed by atoms with Crippen molar-refractivity contribution in [1.82, 2.24) is 14.9 Å². The van der Waals surface area contributed by atoms with E-state index in [9.17, 15) is 4.79 Å². The van der Waals surface area contributed by atoms with Gasteiger partial charge in [0, 0.05) is 12.1 Å². The van der Waals surface area contributed by atoms with Crippen LogP contribution in [-0.4, -0.2) is 29.2 Å². The van der Waals surface area contributed by atoms with Gasteiger partial charge in [0.2, 0.25) is 0 Å². The fraction of sp³-hybridized carbons (Fsp3) is 0.290. The summed E-state index contributed by atoms with van der Waals surface area (Å²) in [5.41, 5.74) is 5.94. The molecular formula is C31H35N3O3. The third-order valence-electron chi connectivity index (χ3n) is 6.41. The van der Waals surface area contributed by atoms with Crippen LogP contribution in [0.4, 0.5) is 0 Å². The van der Waals surface area contributed by atoms with E-state index >= 15 is 0 Å². The van der Waals surface area contributed by atoms with Gasteiger partial charge >= 0.3 is 0 Å². The fourth-order valence-electron chi connectivity index (χ4n) is 4.51. The molecule has 0 radical (unpaired) electrons. The summed E-state index contributed by atoms with van der Waals surface area (Å²) in [6.07, 6.45) is 4.45. The monoisotopic (exact) mass is 497 g/mol. The van der Waals surface area contributed by atoms with E-state index in [1.165, 1.54) is 0 Å². The summed E-state index contributed by atoms with van der Waals surface area (Å²) in [4.78, 5) is 17.6. The predicted molar refractivity (Wildman–Crippen MR) is 148 cm³/mol. The number of ether oxygens (including phenoxy) is 2. The fourth-order valence-corrected chi connectivity index (χ4v) is 4.51. The minimum absolute atomic E-state index is 0.0856. The Morgan fingerprint density at radius 2 is 1.89 bits per heavy atom. The Morgan fingerprint density at radius 1 is 1.05 bits per heavy atom. The number of nitrogens with one attached hydrogen (secondary N) is 1. The molecule has 1 N–H and O–H groups in total. The van der Waals surface area contributed by atoms with Crippen LogP contribution in [0.2, 0.25) is 0 Å². The minimum atomic E-state index is -0.0856. The van der Waals surface area contributed by atoms with Crippen molar-refractivity contribution in [3.63, 3.8) is 0 Å². The predicted octanol–water partition coefficient (Wildman–Crippen LogP) is 6.18. The number of benzene rings is 3. The molecule has 0 aliphatic carbocycles. The largest absolute Gasteiger partial charge is 0.493 e. The molecule has 1 aromatic heterocycles. The van der Waals surface area contributed by atoms with Crippen molar-refractivity contribution in [2.45, 2.75) is 46.2 Å². The molecule has 0 saturated heterocycles. The average Bonchev–Trinajstić information content (AvgIpc) is 3.25. The number of methoxy groups -OCH3 is 1. The van der Waals surface area contributed by atoms with Crippen LogP contribution in [-0.2, 0) is 19.5 Å². The molecule has 0 bridgehead atoms. The number of unbranched alkanes of at least 4 members (excludes halogenated alkanes) is 1. The molecule has 6 heteroatoms. The van der Waals surface area contributed by atoms with Crippen LogP contribution < -0.4 is 14.8 Å². The molecule has 0 unspecified atom stereocenters. The molecule has 3 aromatic carbocycles. The number of carbonyl (C=O) groups excluding carboxylic acids is 1. The van der Waals surface area contributed by atoms with E-state index in [1.807, 2.05) is 74.5 Å². The van der Waals surface area contributed by atoms with Gasteiger partial charge in [-0.2, -0.15) is 0 Å². The molecule has 1 amide bonds. The second kappa shape index (κ2) is 12.3. The lowest BCUT2D eigenvalue weighted by Crippen LogP contribution is -2.25. The summed E-state index contributed by atoms with van der Waals surface area (Å²) >= 11 is 0. The lowest BCUT2D eigenvalue weighted by molar-refractivity contribution is 0.0949. The Bertz CT molecular complexity index is 1390. The molecule has 192 valence electrons. The topological polar surface area (TPSA) is 65.4 Å². The first-order valence-corrected chi connectivity index (χ1v) is 12.7. The maximum atomic E-state index is 12.8. The van der Waals surface area contributed by atoms with Crippen molar-refractivity contribution >= 4 is 16.9 Å². The molecule has 4 aromatic rings. The van der Waals surface area contributed by atoms with Crippen molar-refractivity contribution in [1.29, 1.82) is 0 Å². The van der Waals surface area contributed by atoms with E-state index in [1.54, 1.807) is 7.11 Å². The van der Waals surface area contributed by atoms with E-state index in [2.05, 4.69) is 22.5 Å². The van der Waals surface area contributed by atoms with Gasteiger partial charge < -0.3 is 19.4 Å². The lowest BCUT2D eigenvalue weighted by Gasteiger charge is -2.13. The van der Waals surface area contributed by atoms with E-state index < -0.39 is 0 Å². The first-order valence-electron chi connectivity index (χ1n) is 12.7. The summed E-state index contributed by atoms with van der Waals surface area (Å²) in [7, 11) is 1.66. The number of allylic oxidation sites excluding steroid dienone is 1. The average molecular weight is 498 g/mol. The zero-order chi connectivity index (χ0) is 26.2. The highest BCUT2D eigenvalue weighted by molar-refractivity contribution is 5.95. The quantitative estimate of drug-likeness (QED) is 0.188. The van der Waals surface area contributed by atoms with Crippen molar-refractivity contribution in [3.8, 4) is 11.5 Å². The maximum absolute atomic E-state index is 12.8. The standard InChI is InChI=1S/C31H35N3O3/c1-5-10-24-14-16-28(29(20-24)36-4)37-18-9-8-17-34-27-12-7-6-11-26(27)33-30(34)21-32-31(35)25-15-13-22(2)19-23(25)3/h5-7,11-16,19-20H,1,8-10,17-18,21H2,2-4H3,(H,32,35). The Hall–Kier alpha value is -4.06. The van der Waals surface area contributed by atoms with Crippen LogP contribution in [0, 0.1) is 13.8 Å². The van der Waals surface area contributed by atoms with E-state index in [0.29, 0.717) is 18.7 Å². The van der Waals surface area contributed by atoms with Crippen molar-refractivity contribution in [2.24, 2.45) is 0 Å². The third kappa shape index (κ3) is 6.39. The second-order valence-electron chi connectivity index (χ2n) is 9.20. The van der Waals surface area contributed by atoms with Crippen molar-refractivity contribution < 1.29 is 14.3 Å². The van der Waals surface area contributed by atoms with Crippen LogP contribution in [0.5, 0.6) is 11.5 Å². The molecular weight excluding hydrogens is 462 g/mol. The van der Waals surface area contributed by atoms with Gasteiger partial charge in [-0.05, 0) is 74.6 Å². The molecule has 0 aliphatic heterocycles. The number of para-hydroxylation sites is 2. The lowest BCUT2D eigenvalue weighted by atomic mass is 10.1. The Morgan fingerprint density at radius 3 is 2.68 bits per heavy atom. The zero-order valence-electron chi connectivity index (χ0n) is 21.9. The number of carbonyl (C=O) groups is 1. The summed E-state index contributed by atoms with van der Waals surface area (Å²) in [5.74, 6) is 2.25. The molecule has 0 aliphatic rings. The number of hydrogen-bond donors (Lipinski definition) is 1. The van der Waals surface area contributed by atoms with Crippen LogP contribution in [0.25, 0.3) is 11.0 Å². The highest BCUT2D eigenvalue weighted by atomic mass is 16.5. The van der Waals surface area contributed by atoms with Crippen LogP contribution in [0.1, 0.15) is 45.7 Å². The van der Waals surface area contributed by atoms with E-state index in [4.69, 9.17) is 14.5 Å². The van der Waals surface area contributed by atoms with Crippen LogP contribution in [0.15, 0.2) is 73.3 Å². The Balaban J connectivity index is 1.37. The van der Waals surface area contributed by atoms with Gasteiger partial charge in [-0.25, -0.2) is 4.98 Å². The SMILES string of the molecule is C=CCc1ccc(OCCCCn2c(CNC(=O)c3ccc(C)cc3C)nc3ccccc32)c(OC)c1. The van der Waals surface area contributed by atoms with Gasteiger partial charge in [-0.15, -0.1) is 6.58 Å². The summed E-state index contributed by atoms with van der Waals surface area (Å²) in [6, 6.07) is 19.9. The highest BCUT2D eigenvalue weighted by Crippen LogP contribution is 2.28. The molecule has 0 spiro atoms. The number of imidazole rings is 1.